The maximum atomic E-state index is 12.5. The molecular weight excluding hydrogens is 375 g/mol. The molecule has 1 unspecified atom stereocenters. The van der Waals surface area contributed by atoms with Crippen LogP contribution < -0.4 is 10.1 Å². The van der Waals surface area contributed by atoms with E-state index in [0.717, 1.165) is 0 Å². The topological polar surface area (TPSA) is 81.2 Å². The number of carbonyl (C=O) groups is 2. The van der Waals surface area contributed by atoms with Crippen LogP contribution in [0.4, 0.5) is 13.2 Å². The van der Waals surface area contributed by atoms with Crippen LogP contribution in [0, 0.1) is 0 Å². The van der Waals surface area contributed by atoms with Crippen molar-refractivity contribution in [2.75, 3.05) is 6.61 Å². The highest BCUT2D eigenvalue weighted by atomic mass is 19.4. The third-order valence-corrected chi connectivity index (χ3v) is 3.84. The monoisotopic (exact) mass is 395 g/mol. The van der Waals surface area contributed by atoms with E-state index in [9.17, 15) is 22.8 Å². The number of nitrogens with one attached hydrogen (secondary N) is 1. The first kappa shape index (κ1) is 21.3. The van der Waals surface area contributed by atoms with Gasteiger partial charge in [0.2, 0.25) is 5.88 Å². The van der Waals surface area contributed by atoms with Gasteiger partial charge in [-0.25, -0.2) is 4.98 Å². The SMILES string of the molecule is CCC(=O)Cc1cc(C(=O)NC(C)c2ccnc(OCC(F)(F)F)c2)ccn1. The molecule has 28 heavy (non-hydrogen) atoms. The number of rotatable bonds is 8. The number of alkyl halides is 3. The minimum atomic E-state index is -4.46. The van der Waals surface area contributed by atoms with E-state index >= 15 is 0 Å². The zero-order valence-electron chi connectivity index (χ0n) is 15.4. The fourth-order valence-corrected chi connectivity index (χ4v) is 2.34. The van der Waals surface area contributed by atoms with Crippen molar-refractivity contribution in [1.82, 2.24) is 15.3 Å². The fraction of sp³-hybridized carbons (Fsp3) is 0.368. The first-order chi connectivity index (χ1) is 13.2. The van der Waals surface area contributed by atoms with Crippen molar-refractivity contribution in [3.05, 3.63) is 53.5 Å². The highest BCUT2D eigenvalue weighted by molar-refractivity contribution is 5.94. The second kappa shape index (κ2) is 9.29. The van der Waals surface area contributed by atoms with Crippen LogP contribution in [0.25, 0.3) is 0 Å². The number of aromatic nitrogens is 2. The minimum Gasteiger partial charge on any atom is -0.468 e. The number of pyridine rings is 2. The van der Waals surface area contributed by atoms with Gasteiger partial charge in [0, 0.05) is 42.6 Å². The maximum absolute atomic E-state index is 12.5. The molecule has 0 saturated carbocycles. The largest absolute Gasteiger partial charge is 0.468 e. The van der Waals surface area contributed by atoms with Crippen molar-refractivity contribution in [2.45, 2.75) is 38.9 Å². The number of ether oxygens (including phenoxy) is 1. The Balaban J connectivity index is 2.04. The van der Waals surface area contributed by atoms with Gasteiger partial charge < -0.3 is 10.1 Å². The Morgan fingerprint density at radius 3 is 2.57 bits per heavy atom. The summed E-state index contributed by atoms with van der Waals surface area (Å²) in [6.07, 6.45) is -1.17. The van der Waals surface area contributed by atoms with Crippen LogP contribution in [0.2, 0.25) is 0 Å². The predicted molar refractivity (Wildman–Crippen MR) is 94.9 cm³/mol. The standard InChI is InChI=1S/C19H20F3N3O3/c1-3-16(26)10-15-8-14(5-6-23-15)18(27)25-12(2)13-4-7-24-17(9-13)28-11-19(20,21)22/h4-9,12H,3,10-11H2,1-2H3,(H,25,27). The Hall–Kier alpha value is -2.97. The van der Waals surface area contributed by atoms with E-state index in [2.05, 4.69) is 20.0 Å². The summed E-state index contributed by atoms with van der Waals surface area (Å²) < 4.78 is 41.4. The van der Waals surface area contributed by atoms with Crippen LogP contribution in [0.1, 0.15) is 47.9 Å². The van der Waals surface area contributed by atoms with E-state index in [1.165, 1.54) is 24.5 Å². The first-order valence-corrected chi connectivity index (χ1v) is 8.61. The Labute approximate surface area is 160 Å². The van der Waals surface area contributed by atoms with Crippen molar-refractivity contribution < 1.29 is 27.5 Å². The summed E-state index contributed by atoms with van der Waals surface area (Å²) in [6.45, 7) is 1.99. The van der Waals surface area contributed by atoms with Crippen molar-refractivity contribution in [3.8, 4) is 5.88 Å². The highest BCUT2D eigenvalue weighted by Gasteiger charge is 2.28. The van der Waals surface area contributed by atoms with E-state index in [4.69, 9.17) is 0 Å². The van der Waals surface area contributed by atoms with Gasteiger partial charge in [-0.15, -0.1) is 0 Å². The number of halogens is 3. The number of nitrogens with zero attached hydrogens (tertiary/aromatic N) is 2. The Bertz CT molecular complexity index is 840. The van der Waals surface area contributed by atoms with Crippen molar-refractivity contribution in [1.29, 1.82) is 0 Å². The third kappa shape index (κ3) is 6.64. The first-order valence-electron chi connectivity index (χ1n) is 8.61. The molecule has 2 heterocycles. The smallest absolute Gasteiger partial charge is 0.422 e. The fourth-order valence-electron chi connectivity index (χ4n) is 2.34. The molecule has 1 N–H and O–H groups in total. The number of Topliss-reactive ketones (excluding diaryl/α,β-unsaturated/α-hetero) is 1. The zero-order chi connectivity index (χ0) is 20.7. The Morgan fingerprint density at radius 1 is 1.18 bits per heavy atom. The van der Waals surface area contributed by atoms with Gasteiger partial charge in [0.05, 0.1) is 6.04 Å². The molecule has 2 rings (SSSR count). The molecule has 0 aromatic carbocycles. The van der Waals surface area contributed by atoms with Crippen molar-refractivity contribution >= 4 is 11.7 Å². The third-order valence-electron chi connectivity index (χ3n) is 3.84. The summed E-state index contributed by atoms with van der Waals surface area (Å²) in [7, 11) is 0. The van der Waals surface area contributed by atoms with Crippen LogP contribution in [0.3, 0.4) is 0 Å². The summed E-state index contributed by atoms with van der Waals surface area (Å²) >= 11 is 0. The molecule has 2 aromatic rings. The molecule has 2 aromatic heterocycles. The molecule has 0 aliphatic heterocycles. The molecule has 1 atom stereocenters. The summed E-state index contributed by atoms with van der Waals surface area (Å²) in [4.78, 5) is 31.8. The molecule has 150 valence electrons. The van der Waals surface area contributed by atoms with E-state index in [0.29, 0.717) is 23.2 Å². The normalized spacial score (nSPS) is 12.3. The lowest BCUT2D eigenvalue weighted by atomic mass is 10.1. The van der Waals surface area contributed by atoms with Crippen LogP contribution in [0.15, 0.2) is 36.7 Å². The van der Waals surface area contributed by atoms with E-state index in [-0.39, 0.29) is 18.1 Å². The van der Waals surface area contributed by atoms with E-state index < -0.39 is 24.7 Å². The average molecular weight is 395 g/mol. The zero-order valence-corrected chi connectivity index (χ0v) is 15.4. The summed E-state index contributed by atoms with van der Waals surface area (Å²) in [5.41, 5.74) is 1.37. The molecule has 0 bridgehead atoms. The quantitative estimate of drug-likeness (QED) is 0.741. The molecule has 0 spiro atoms. The summed E-state index contributed by atoms with van der Waals surface area (Å²) in [5.74, 6) is -0.559. The van der Waals surface area contributed by atoms with E-state index in [1.807, 2.05) is 0 Å². The van der Waals surface area contributed by atoms with Gasteiger partial charge in [-0.2, -0.15) is 13.2 Å². The Kier molecular flexibility index (Phi) is 7.08. The van der Waals surface area contributed by atoms with Crippen molar-refractivity contribution in [2.24, 2.45) is 0 Å². The lowest BCUT2D eigenvalue weighted by Crippen LogP contribution is -2.27. The molecule has 0 saturated heterocycles. The Morgan fingerprint density at radius 2 is 1.89 bits per heavy atom. The molecule has 9 heteroatoms. The molecule has 0 aliphatic rings. The van der Waals surface area contributed by atoms with Gasteiger partial charge in [-0.05, 0) is 30.7 Å². The number of ketones is 1. The number of amides is 1. The molecule has 6 nitrogen and oxygen atoms in total. The van der Waals surface area contributed by atoms with Crippen LogP contribution in [-0.4, -0.2) is 34.4 Å². The average Bonchev–Trinajstić information content (AvgIpc) is 2.66. The van der Waals surface area contributed by atoms with Crippen LogP contribution >= 0.6 is 0 Å². The summed E-state index contributed by atoms with van der Waals surface area (Å²) in [5, 5.41) is 2.75. The van der Waals surface area contributed by atoms with Gasteiger partial charge >= 0.3 is 6.18 Å². The van der Waals surface area contributed by atoms with Gasteiger partial charge in [0.25, 0.3) is 5.91 Å². The predicted octanol–water partition coefficient (Wildman–Crippen LogP) is 3.43. The maximum Gasteiger partial charge on any atom is 0.422 e. The van der Waals surface area contributed by atoms with Crippen molar-refractivity contribution in [3.63, 3.8) is 0 Å². The summed E-state index contributed by atoms with van der Waals surface area (Å²) in [6, 6.07) is 5.47. The van der Waals surface area contributed by atoms with E-state index in [1.54, 1.807) is 26.0 Å². The number of hydrogen-bond donors (Lipinski definition) is 1. The second-order valence-electron chi connectivity index (χ2n) is 6.13. The molecule has 0 aliphatic carbocycles. The van der Waals surface area contributed by atoms with Crippen LogP contribution in [0.5, 0.6) is 5.88 Å². The molecular formula is C19H20F3N3O3. The minimum absolute atomic E-state index is 0.0154. The molecule has 0 fully saturated rings. The van der Waals surface area contributed by atoms with Gasteiger partial charge in [-0.1, -0.05) is 6.92 Å². The number of carbonyl (C=O) groups excluding carboxylic acids is 2. The van der Waals surface area contributed by atoms with Gasteiger partial charge in [-0.3, -0.25) is 14.6 Å². The molecule has 1 amide bonds. The molecule has 0 radical (unpaired) electrons. The highest BCUT2D eigenvalue weighted by Crippen LogP contribution is 2.20. The lowest BCUT2D eigenvalue weighted by molar-refractivity contribution is -0.154. The van der Waals surface area contributed by atoms with Crippen LogP contribution in [-0.2, 0) is 11.2 Å². The number of hydrogen-bond acceptors (Lipinski definition) is 5. The van der Waals surface area contributed by atoms with Gasteiger partial charge in [0.1, 0.15) is 5.78 Å². The lowest BCUT2D eigenvalue weighted by Gasteiger charge is -2.16. The second-order valence-corrected chi connectivity index (χ2v) is 6.13. The van der Waals surface area contributed by atoms with Gasteiger partial charge in [0.15, 0.2) is 6.61 Å².